The molecule has 3 rings (SSSR count). The lowest BCUT2D eigenvalue weighted by molar-refractivity contribution is 0.0937. The number of benzene rings is 2. The predicted molar refractivity (Wildman–Crippen MR) is 96.9 cm³/mol. The van der Waals surface area contributed by atoms with Crippen LogP contribution in [0.25, 0.3) is 0 Å². The summed E-state index contributed by atoms with van der Waals surface area (Å²) in [7, 11) is 0. The Bertz CT molecular complexity index is 696. The molecule has 0 radical (unpaired) electrons. The fourth-order valence-corrected chi connectivity index (χ4v) is 2.94. The third-order valence-corrected chi connectivity index (χ3v) is 4.48. The van der Waals surface area contributed by atoms with Crippen molar-refractivity contribution < 1.29 is 9.53 Å². The summed E-state index contributed by atoms with van der Waals surface area (Å²) in [6.45, 7) is 7.07. The van der Waals surface area contributed by atoms with Gasteiger partial charge >= 0.3 is 0 Å². The molecule has 1 aliphatic heterocycles. The van der Waals surface area contributed by atoms with E-state index in [9.17, 15) is 4.79 Å². The van der Waals surface area contributed by atoms with Crippen LogP contribution < -0.4 is 10.1 Å². The lowest BCUT2D eigenvalue weighted by Crippen LogP contribution is -2.29. The van der Waals surface area contributed by atoms with Crippen LogP contribution in [0.4, 0.5) is 5.69 Å². The number of fused-ring (bicyclic) bond motifs is 1. The molecule has 0 bridgehead atoms. The smallest absolute Gasteiger partial charge is 0.176 e. The second kappa shape index (κ2) is 7.49. The Labute approximate surface area is 143 Å². The number of ketones is 1. The largest absolute Gasteiger partial charge is 0.482 e. The van der Waals surface area contributed by atoms with Crippen LogP contribution in [0.5, 0.6) is 5.75 Å². The monoisotopic (exact) mass is 324 g/mol. The van der Waals surface area contributed by atoms with Crippen LogP contribution in [0.2, 0.25) is 0 Å². The van der Waals surface area contributed by atoms with E-state index in [0.717, 1.165) is 35.7 Å². The van der Waals surface area contributed by atoms with Crippen LogP contribution in [0.3, 0.4) is 0 Å². The van der Waals surface area contributed by atoms with Crippen LogP contribution in [-0.2, 0) is 0 Å². The molecule has 0 fully saturated rings. The van der Waals surface area contributed by atoms with Gasteiger partial charge in [-0.1, -0.05) is 44.2 Å². The van der Waals surface area contributed by atoms with E-state index in [1.807, 2.05) is 36.4 Å². The topological polar surface area (TPSA) is 41.6 Å². The first-order valence-corrected chi connectivity index (χ1v) is 8.56. The number of anilines is 1. The van der Waals surface area contributed by atoms with E-state index in [1.165, 1.54) is 0 Å². The first-order valence-electron chi connectivity index (χ1n) is 8.56. The number of hydrogen-bond donors (Lipinski definition) is 1. The van der Waals surface area contributed by atoms with Gasteiger partial charge in [-0.2, -0.15) is 0 Å². The molecule has 0 aromatic heterocycles. The molecule has 2 aromatic carbocycles. The molecule has 0 amide bonds. The highest BCUT2D eigenvalue weighted by molar-refractivity contribution is 5.98. The fourth-order valence-electron chi connectivity index (χ4n) is 2.94. The third kappa shape index (κ3) is 3.60. The maximum Gasteiger partial charge on any atom is 0.176 e. The van der Waals surface area contributed by atoms with E-state index in [2.05, 4.69) is 36.2 Å². The molecule has 1 heterocycles. The van der Waals surface area contributed by atoms with Crippen molar-refractivity contribution in [2.45, 2.75) is 20.0 Å². The second-order valence-electron chi connectivity index (χ2n) is 5.99. The zero-order chi connectivity index (χ0) is 16.9. The van der Waals surface area contributed by atoms with Gasteiger partial charge in [0.15, 0.2) is 5.78 Å². The number of rotatable bonds is 6. The maximum absolute atomic E-state index is 12.4. The molecule has 1 atom stereocenters. The van der Waals surface area contributed by atoms with Gasteiger partial charge in [-0.3, -0.25) is 9.69 Å². The van der Waals surface area contributed by atoms with Gasteiger partial charge in [0.1, 0.15) is 11.9 Å². The van der Waals surface area contributed by atoms with E-state index >= 15 is 0 Å². The summed E-state index contributed by atoms with van der Waals surface area (Å²) >= 11 is 0. The molecular formula is C20H24N2O2. The SMILES string of the molecule is CCN(CC)CC(=O)c1ccc2c(c1)NCC(c1ccccc1)O2. The van der Waals surface area contributed by atoms with E-state index in [1.54, 1.807) is 0 Å². The van der Waals surface area contributed by atoms with Crippen molar-refractivity contribution in [1.29, 1.82) is 0 Å². The van der Waals surface area contributed by atoms with Crippen LogP contribution in [0.1, 0.15) is 35.9 Å². The van der Waals surface area contributed by atoms with Crippen molar-refractivity contribution in [2.75, 3.05) is 31.5 Å². The molecule has 0 spiro atoms. The number of carbonyl (C=O) groups excluding carboxylic acids is 1. The maximum atomic E-state index is 12.4. The minimum Gasteiger partial charge on any atom is -0.482 e. The highest BCUT2D eigenvalue weighted by Crippen LogP contribution is 2.34. The zero-order valence-electron chi connectivity index (χ0n) is 14.3. The van der Waals surface area contributed by atoms with Gasteiger partial charge in [-0.25, -0.2) is 0 Å². The third-order valence-electron chi connectivity index (χ3n) is 4.48. The summed E-state index contributed by atoms with van der Waals surface area (Å²) in [6, 6.07) is 15.8. The number of Topliss-reactive ketones (excluding diaryl/α,β-unsaturated/α-hetero) is 1. The van der Waals surface area contributed by atoms with Crippen LogP contribution in [0.15, 0.2) is 48.5 Å². The highest BCUT2D eigenvalue weighted by Gasteiger charge is 2.22. The lowest BCUT2D eigenvalue weighted by Gasteiger charge is -2.28. The number of hydrogen-bond acceptors (Lipinski definition) is 4. The summed E-state index contributed by atoms with van der Waals surface area (Å²) in [5.74, 6) is 0.947. The molecule has 24 heavy (non-hydrogen) atoms. The van der Waals surface area contributed by atoms with Crippen molar-refractivity contribution in [3.05, 3.63) is 59.7 Å². The molecule has 2 aromatic rings. The van der Waals surface area contributed by atoms with Crippen molar-refractivity contribution in [3.63, 3.8) is 0 Å². The van der Waals surface area contributed by atoms with E-state index in [-0.39, 0.29) is 11.9 Å². The van der Waals surface area contributed by atoms with Crippen LogP contribution in [0, 0.1) is 0 Å². The van der Waals surface area contributed by atoms with Crippen molar-refractivity contribution in [3.8, 4) is 5.75 Å². The van der Waals surface area contributed by atoms with Gasteiger partial charge in [0, 0.05) is 5.56 Å². The minimum atomic E-state index is -0.00377. The van der Waals surface area contributed by atoms with Crippen molar-refractivity contribution in [1.82, 2.24) is 4.90 Å². The molecule has 0 saturated carbocycles. The Morgan fingerprint density at radius 2 is 1.92 bits per heavy atom. The molecule has 1 aliphatic rings. The van der Waals surface area contributed by atoms with E-state index in [4.69, 9.17) is 4.74 Å². The Kier molecular flexibility index (Phi) is 5.16. The number of likely N-dealkylation sites (N-methyl/N-ethyl adjacent to an activating group) is 1. The Morgan fingerprint density at radius 3 is 2.62 bits per heavy atom. The molecular weight excluding hydrogens is 300 g/mol. The van der Waals surface area contributed by atoms with Gasteiger partial charge in [0.2, 0.25) is 0 Å². The number of ether oxygens (including phenoxy) is 1. The molecule has 0 aliphatic carbocycles. The zero-order valence-corrected chi connectivity index (χ0v) is 14.3. The first-order chi connectivity index (χ1) is 11.7. The van der Waals surface area contributed by atoms with Crippen LogP contribution >= 0.6 is 0 Å². The Balaban J connectivity index is 1.73. The summed E-state index contributed by atoms with van der Waals surface area (Å²) in [6.07, 6.45) is -0.00377. The average Bonchev–Trinajstić information content (AvgIpc) is 2.65. The normalized spacial score (nSPS) is 16.2. The fraction of sp³-hybridized carbons (Fsp3) is 0.350. The first kappa shape index (κ1) is 16.5. The summed E-state index contributed by atoms with van der Waals surface area (Å²) in [5, 5.41) is 3.40. The average molecular weight is 324 g/mol. The van der Waals surface area contributed by atoms with Gasteiger partial charge in [0.25, 0.3) is 0 Å². The molecule has 4 nitrogen and oxygen atoms in total. The molecule has 4 heteroatoms. The standard InChI is InChI=1S/C20H24N2O2/c1-3-22(4-2)14-18(23)16-10-11-19-17(12-16)21-13-20(24-19)15-8-6-5-7-9-15/h5-12,20-21H,3-4,13-14H2,1-2H3. The van der Waals surface area contributed by atoms with E-state index in [0.29, 0.717) is 13.1 Å². The number of nitrogens with zero attached hydrogens (tertiary/aromatic N) is 1. The van der Waals surface area contributed by atoms with Crippen molar-refractivity contribution >= 4 is 11.5 Å². The van der Waals surface area contributed by atoms with Gasteiger partial charge in [0.05, 0.1) is 18.8 Å². The summed E-state index contributed by atoms with van der Waals surface area (Å²) < 4.78 is 6.09. The van der Waals surface area contributed by atoms with Crippen LogP contribution in [-0.4, -0.2) is 36.9 Å². The second-order valence-corrected chi connectivity index (χ2v) is 5.99. The lowest BCUT2D eigenvalue weighted by atomic mass is 10.1. The molecule has 126 valence electrons. The number of carbonyl (C=O) groups is 1. The summed E-state index contributed by atoms with van der Waals surface area (Å²) in [5.41, 5.74) is 2.78. The van der Waals surface area contributed by atoms with Gasteiger partial charge in [-0.05, 0) is 36.9 Å². The van der Waals surface area contributed by atoms with Gasteiger partial charge < -0.3 is 10.1 Å². The van der Waals surface area contributed by atoms with Gasteiger partial charge in [-0.15, -0.1) is 0 Å². The Morgan fingerprint density at radius 1 is 1.17 bits per heavy atom. The quantitative estimate of drug-likeness (QED) is 0.822. The molecule has 0 saturated heterocycles. The Hall–Kier alpha value is -2.33. The van der Waals surface area contributed by atoms with E-state index < -0.39 is 0 Å². The van der Waals surface area contributed by atoms with Crippen molar-refractivity contribution in [2.24, 2.45) is 0 Å². The number of nitrogens with one attached hydrogen (secondary N) is 1. The molecule has 1 unspecified atom stereocenters. The summed E-state index contributed by atoms with van der Waals surface area (Å²) in [4.78, 5) is 14.6. The predicted octanol–water partition coefficient (Wildman–Crippen LogP) is 3.76. The highest BCUT2D eigenvalue weighted by atomic mass is 16.5. The minimum absolute atomic E-state index is 0.00377. The molecule has 1 N–H and O–H groups in total.